The highest BCUT2D eigenvalue weighted by Gasteiger charge is 2.26. The first-order valence-corrected chi connectivity index (χ1v) is 8.14. The zero-order valence-corrected chi connectivity index (χ0v) is 14.1. The molecule has 1 fully saturated rings. The van der Waals surface area contributed by atoms with Gasteiger partial charge in [-0.05, 0) is 37.8 Å². The number of piperidine rings is 1. The average molecular weight is 332 g/mol. The first kappa shape index (κ1) is 17.8. The van der Waals surface area contributed by atoms with Crippen LogP contribution < -0.4 is 16.2 Å². The molecule has 2 rings (SSSR count). The first-order valence-electron chi connectivity index (χ1n) is 8.14. The summed E-state index contributed by atoms with van der Waals surface area (Å²) in [4.78, 5) is 37.1. The Morgan fingerprint density at radius 3 is 2.54 bits per heavy atom. The Labute approximate surface area is 141 Å². The van der Waals surface area contributed by atoms with Crippen LogP contribution >= 0.6 is 0 Å². The van der Waals surface area contributed by atoms with Crippen molar-refractivity contribution in [2.24, 2.45) is 5.92 Å². The lowest BCUT2D eigenvalue weighted by atomic mass is 10.0. The number of benzene rings is 1. The summed E-state index contributed by atoms with van der Waals surface area (Å²) in [5.41, 5.74) is 6.35. The summed E-state index contributed by atoms with van der Waals surface area (Å²) in [6.45, 7) is 5.19. The molecule has 3 amide bonds. The molecule has 7 nitrogen and oxygen atoms in total. The fourth-order valence-corrected chi connectivity index (χ4v) is 2.60. The fraction of sp³-hybridized carbons (Fsp3) is 0.471. The predicted octanol–water partition coefficient (Wildman–Crippen LogP) is 0.813. The SMILES string of the molecule is Cc1ccc(NCC(=O)NNC(=O)C(=O)N2CCCC(C)C2)cc1. The van der Waals surface area contributed by atoms with Crippen LogP contribution in [-0.4, -0.2) is 42.3 Å². The minimum atomic E-state index is -0.812. The number of nitrogens with zero attached hydrogens (tertiary/aromatic N) is 1. The quantitative estimate of drug-likeness (QED) is 0.564. The van der Waals surface area contributed by atoms with Gasteiger partial charge in [0, 0.05) is 18.8 Å². The van der Waals surface area contributed by atoms with Gasteiger partial charge in [0.1, 0.15) is 0 Å². The van der Waals surface area contributed by atoms with E-state index in [0.29, 0.717) is 19.0 Å². The lowest BCUT2D eigenvalue weighted by Gasteiger charge is -2.30. The minimum absolute atomic E-state index is 0.00171. The van der Waals surface area contributed by atoms with Gasteiger partial charge < -0.3 is 10.2 Å². The summed E-state index contributed by atoms with van der Waals surface area (Å²) in [6, 6.07) is 7.59. The van der Waals surface area contributed by atoms with Gasteiger partial charge in [0.25, 0.3) is 5.91 Å². The van der Waals surface area contributed by atoms with Crippen LogP contribution in [0.5, 0.6) is 0 Å². The van der Waals surface area contributed by atoms with Crippen LogP contribution in [-0.2, 0) is 14.4 Å². The van der Waals surface area contributed by atoms with E-state index in [1.807, 2.05) is 31.2 Å². The van der Waals surface area contributed by atoms with Crippen molar-refractivity contribution in [3.05, 3.63) is 29.8 Å². The van der Waals surface area contributed by atoms with Gasteiger partial charge in [-0.2, -0.15) is 0 Å². The van der Waals surface area contributed by atoms with Gasteiger partial charge in [0.05, 0.1) is 6.54 Å². The standard InChI is InChI=1S/C17H24N4O3/c1-12-5-7-14(8-6-12)18-10-15(22)19-20-16(23)17(24)21-9-3-4-13(2)11-21/h5-8,13,18H,3-4,9-11H2,1-2H3,(H,19,22)(H,20,23). The normalized spacial score (nSPS) is 17.1. The van der Waals surface area contributed by atoms with E-state index >= 15 is 0 Å². The number of carbonyl (C=O) groups is 3. The Morgan fingerprint density at radius 1 is 1.17 bits per heavy atom. The monoisotopic (exact) mass is 332 g/mol. The Balaban J connectivity index is 1.71. The number of anilines is 1. The van der Waals surface area contributed by atoms with Crippen LogP contribution in [0.3, 0.4) is 0 Å². The molecule has 24 heavy (non-hydrogen) atoms. The number of likely N-dealkylation sites (tertiary alicyclic amines) is 1. The fourth-order valence-electron chi connectivity index (χ4n) is 2.60. The maximum absolute atomic E-state index is 12.0. The maximum Gasteiger partial charge on any atom is 0.327 e. The molecule has 0 spiro atoms. The second kappa shape index (κ2) is 8.33. The number of aryl methyl sites for hydroxylation is 1. The van der Waals surface area contributed by atoms with Gasteiger partial charge in [-0.3, -0.25) is 25.2 Å². The maximum atomic E-state index is 12.0. The van der Waals surface area contributed by atoms with Crippen molar-refractivity contribution in [2.75, 3.05) is 25.0 Å². The Hall–Kier alpha value is -2.57. The van der Waals surface area contributed by atoms with Gasteiger partial charge in [-0.15, -0.1) is 0 Å². The lowest BCUT2D eigenvalue weighted by molar-refractivity contribution is -0.148. The topological polar surface area (TPSA) is 90.5 Å². The molecule has 1 saturated heterocycles. The van der Waals surface area contributed by atoms with E-state index in [1.54, 1.807) is 0 Å². The predicted molar refractivity (Wildman–Crippen MR) is 90.9 cm³/mol. The molecule has 0 saturated carbocycles. The smallest absolute Gasteiger partial charge is 0.327 e. The van der Waals surface area contributed by atoms with Gasteiger partial charge >= 0.3 is 11.8 Å². The Bertz CT molecular complexity index is 600. The van der Waals surface area contributed by atoms with Crippen molar-refractivity contribution in [3.63, 3.8) is 0 Å². The lowest BCUT2D eigenvalue weighted by Crippen LogP contribution is -2.52. The highest BCUT2D eigenvalue weighted by atomic mass is 16.2. The van der Waals surface area contributed by atoms with E-state index < -0.39 is 17.7 Å². The third-order valence-electron chi connectivity index (χ3n) is 3.96. The molecule has 0 aromatic heterocycles. The molecular formula is C17H24N4O3. The number of hydrazine groups is 1. The summed E-state index contributed by atoms with van der Waals surface area (Å²) < 4.78 is 0. The van der Waals surface area contributed by atoms with Crippen molar-refractivity contribution in [3.8, 4) is 0 Å². The number of hydrogen-bond acceptors (Lipinski definition) is 4. The van der Waals surface area contributed by atoms with E-state index in [0.717, 1.165) is 24.1 Å². The van der Waals surface area contributed by atoms with E-state index in [9.17, 15) is 14.4 Å². The molecule has 1 aromatic carbocycles. The van der Waals surface area contributed by atoms with E-state index in [1.165, 1.54) is 4.90 Å². The van der Waals surface area contributed by atoms with Gasteiger partial charge in [-0.25, -0.2) is 0 Å². The molecule has 1 atom stereocenters. The summed E-state index contributed by atoms with van der Waals surface area (Å²) in [5.74, 6) is -1.45. The highest BCUT2D eigenvalue weighted by molar-refractivity contribution is 6.35. The van der Waals surface area contributed by atoms with Crippen molar-refractivity contribution >= 4 is 23.4 Å². The molecule has 1 aromatic rings. The van der Waals surface area contributed by atoms with Crippen molar-refractivity contribution in [1.29, 1.82) is 0 Å². The third-order valence-corrected chi connectivity index (χ3v) is 3.96. The summed E-state index contributed by atoms with van der Waals surface area (Å²) in [6.07, 6.45) is 1.96. The minimum Gasteiger partial charge on any atom is -0.376 e. The molecule has 0 radical (unpaired) electrons. The average Bonchev–Trinajstić information content (AvgIpc) is 2.58. The van der Waals surface area contributed by atoms with Crippen LogP contribution in [0.1, 0.15) is 25.3 Å². The summed E-state index contributed by atoms with van der Waals surface area (Å²) in [7, 11) is 0. The molecular weight excluding hydrogens is 308 g/mol. The number of amides is 3. The second-order valence-electron chi connectivity index (χ2n) is 6.22. The van der Waals surface area contributed by atoms with Crippen molar-refractivity contribution < 1.29 is 14.4 Å². The van der Waals surface area contributed by atoms with E-state index in [2.05, 4.69) is 23.1 Å². The molecule has 1 aliphatic heterocycles. The van der Waals surface area contributed by atoms with Crippen LogP contribution in [0.2, 0.25) is 0 Å². The molecule has 0 bridgehead atoms. The largest absolute Gasteiger partial charge is 0.376 e. The summed E-state index contributed by atoms with van der Waals surface area (Å²) >= 11 is 0. The highest BCUT2D eigenvalue weighted by Crippen LogP contribution is 2.15. The van der Waals surface area contributed by atoms with E-state index in [-0.39, 0.29) is 6.54 Å². The zero-order valence-electron chi connectivity index (χ0n) is 14.1. The zero-order chi connectivity index (χ0) is 17.5. The number of hydrogen-bond donors (Lipinski definition) is 3. The van der Waals surface area contributed by atoms with Crippen LogP contribution in [0, 0.1) is 12.8 Å². The number of rotatable bonds is 3. The number of nitrogens with one attached hydrogen (secondary N) is 3. The van der Waals surface area contributed by atoms with Gasteiger partial charge in [0.15, 0.2) is 0 Å². The Kier molecular flexibility index (Phi) is 6.17. The van der Waals surface area contributed by atoms with E-state index in [4.69, 9.17) is 0 Å². The van der Waals surface area contributed by atoms with Crippen LogP contribution in [0.4, 0.5) is 5.69 Å². The second-order valence-corrected chi connectivity index (χ2v) is 6.22. The Morgan fingerprint density at radius 2 is 1.88 bits per heavy atom. The molecule has 7 heteroatoms. The van der Waals surface area contributed by atoms with Gasteiger partial charge in [0.2, 0.25) is 0 Å². The first-order chi connectivity index (χ1) is 11.5. The van der Waals surface area contributed by atoms with Gasteiger partial charge in [-0.1, -0.05) is 24.6 Å². The molecule has 3 N–H and O–H groups in total. The number of carbonyl (C=O) groups excluding carboxylic acids is 3. The van der Waals surface area contributed by atoms with Crippen molar-refractivity contribution in [1.82, 2.24) is 15.8 Å². The molecule has 1 aliphatic rings. The summed E-state index contributed by atoms with van der Waals surface area (Å²) in [5, 5.41) is 2.94. The molecule has 0 aliphatic carbocycles. The molecule has 1 unspecified atom stereocenters. The van der Waals surface area contributed by atoms with Crippen LogP contribution in [0.25, 0.3) is 0 Å². The third kappa shape index (κ3) is 5.26. The molecule has 130 valence electrons. The molecule has 1 heterocycles. The van der Waals surface area contributed by atoms with Crippen molar-refractivity contribution in [2.45, 2.75) is 26.7 Å². The van der Waals surface area contributed by atoms with Crippen LogP contribution in [0.15, 0.2) is 24.3 Å².